The summed E-state index contributed by atoms with van der Waals surface area (Å²) in [5.41, 5.74) is 5.23. The first-order valence-electron chi connectivity index (χ1n) is 9.06. The van der Waals surface area contributed by atoms with Crippen LogP contribution in [-0.2, 0) is 13.5 Å². The van der Waals surface area contributed by atoms with Gasteiger partial charge in [-0.25, -0.2) is 4.98 Å². The predicted octanol–water partition coefficient (Wildman–Crippen LogP) is 5.87. The minimum absolute atomic E-state index is 1.13. The number of unbranched alkanes of at least 4 members (excludes halogenated alkanes) is 7. The van der Waals surface area contributed by atoms with Gasteiger partial charge in [0.05, 0.1) is 0 Å². The largest absolute Gasteiger partial charge is 0.336 e. The molecule has 2 nitrogen and oxygen atoms in total. The lowest BCUT2D eigenvalue weighted by Crippen LogP contribution is -2.00. The highest BCUT2D eigenvalue weighted by molar-refractivity contribution is 5.81. The summed E-state index contributed by atoms with van der Waals surface area (Å²) in [7, 11) is 2.09. The highest BCUT2D eigenvalue weighted by Crippen LogP contribution is 2.24. The molecule has 0 aliphatic rings. The monoisotopic (exact) mass is 300 g/mol. The smallest absolute Gasteiger partial charge is 0.140 e. The molecular weight excluding hydrogens is 268 g/mol. The summed E-state index contributed by atoms with van der Waals surface area (Å²) in [4.78, 5) is 4.92. The van der Waals surface area contributed by atoms with Crippen molar-refractivity contribution < 1.29 is 0 Å². The van der Waals surface area contributed by atoms with E-state index < -0.39 is 0 Å². The van der Waals surface area contributed by atoms with Crippen LogP contribution >= 0.6 is 0 Å². The van der Waals surface area contributed by atoms with Crippen LogP contribution in [-0.4, -0.2) is 9.55 Å². The molecule has 0 atom stereocenters. The first kappa shape index (κ1) is 17.1. The summed E-state index contributed by atoms with van der Waals surface area (Å²) in [5.74, 6) is 0. The Labute approximate surface area is 135 Å². The number of pyridine rings is 1. The van der Waals surface area contributed by atoms with Crippen molar-refractivity contribution in [2.75, 3.05) is 0 Å². The summed E-state index contributed by atoms with van der Waals surface area (Å²) in [6.07, 6.45) is 14.2. The molecule has 0 aromatic carbocycles. The van der Waals surface area contributed by atoms with Gasteiger partial charge in [-0.1, -0.05) is 51.9 Å². The number of nitrogens with zero attached hydrogens (tertiary/aromatic N) is 2. The van der Waals surface area contributed by atoms with Crippen molar-refractivity contribution in [3.05, 3.63) is 29.1 Å². The molecular formula is C20H32N2. The van der Waals surface area contributed by atoms with Crippen LogP contribution in [0, 0.1) is 13.8 Å². The van der Waals surface area contributed by atoms with E-state index in [2.05, 4.69) is 44.6 Å². The van der Waals surface area contributed by atoms with Crippen LogP contribution in [0.4, 0.5) is 0 Å². The van der Waals surface area contributed by atoms with Crippen LogP contribution in [0.1, 0.15) is 75.1 Å². The van der Waals surface area contributed by atoms with E-state index in [1.807, 2.05) is 0 Å². The average Bonchev–Trinajstić information content (AvgIpc) is 2.88. The Bertz CT molecular complexity index is 595. The van der Waals surface area contributed by atoms with Crippen molar-refractivity contribution in [1.82, 2.24) is 9.55 Å². The van der Waals surface area contributed by atoms with Gasteiger partial charge < -0.3 is 4.57 Å². The fourth-order valence-electron chi connectivity index (χ4n) is 3.25. The van der Waals surface area contributed by atoms with E-state index >= 15 is 0 Å². The van der Waals surface area contributed by atoms with E-state index in [-0.39, 0.29) is 0 Å². The molecule has 0 spiro atoms. The normalized spacial score (nSPS) is 11.5. The minimum Gasteiger partial charge on any atom is -0.336 e. The Morgan fingerprint density at radius 1 is 0.909 bits per heavy atom. The lowest BCUT2D eigenvalue weighted by molar-refractivity contribution is 0.573. The molecule has 0 unspecified atom stereocenters. The Hall–Kier alpha value is -1.31. The molecule has 0 saturated carbocycles. The van der Waals surface area contributed by atoms with Gasteiger partial charge in [0.1, 0.15) is 5.65 Å². The van der Waals surface area contributed by atoms with Gasteiger partial charge in [-0.3, -0.25) is 0 Å². The van der Waals surface area contributed by atoms with Gasteiger partial charge in [0, 0.05) is 24.3 Å². The number of hydrogen-bond acceptors (Lipinski definition) is 1. The lowest BCUT2D eigenvalue weighted by Gasteiger charge is -2.10. The van der Waals surface area contributed by atoms with Gasteiger partial charge in [-0.2, -0.15) is 0 Å². The zero-order valence-electron chi connectivity index (χ0n) is 14.9. The Kier molecular flexibility index (Phi) is 6.48. The Balaban J connectivity index is 1.84. The van der Waals surface area contributed by atoms with E-state index in [0.29, 0.717) is 0 Å². The molecule has 2 rings (SSSR count). The van der Waals surface area contributed by atoms with Crippen molar-refractivity contribution in [1.29, 1.82) is 0 Å². The number of aromatic nitrogens is 2. The highest BCUT2D eigenvalue weighted by atomic mass is 15.0. The Morgan fingerprint density at radius 3 is 2.23 bits per heavy atom. The third-order valence-corrected chi connectivity index (χ3v) is 4.95. The van der Waals surface area contributed by atoms with E-state index in [0.717, 1.165) is 12.1 Å². The third kappa shape index (κ3) is 4.12. The summed E-state index contributed by atoms with van der Waals surface area (Å²) >= 11 is 0. The maximum Gasteiger partial charge on any atom is 0.140 e. The molecule has 22 heavy (non-hydrogen) atoms. The molecule has 0 saturated heterocycles. The fraction of sp³-hybridized carbons (Fsp3) is 0.650. The predicted molar refractivity (Wildman–Crippen MR) is 96.5 cm³/mol. The maximum atomic E-state index is 4.92. The van der Waals surface area contributed by atoms with Crippen LogP contribution in [0.15, 0.2) is 12.3 Å². The van der Waals surface area contributed by atoms with Gasteiger partial charge >= 0.3 is 0 Å². The van der Waals surface area contributed by atoms with Crippen LogP contribution in [0.25, 0.3) is 11.0 Å². The van der Waals surface area contributed by atoms with Crippen molar-refractivity contribution in [2.45, 2.75) is 78.6 Å². The van der Waals surface area contributed by atoms with Crippen LogP contribution in [0.2, 0.25) is 0 Å². The minimum atomic E-state index is 1.13. The van der Waals surface area contributed by atoms with Crippen molar-refractivity contribution in [2.24, 2.45) is 7.05 Å². The Morgan fingerprint density at radius 2 is 1.55 bits per heavy atom. The number of fused-ring (bicyclic) bond motifs is 1. The van der Waals surface area contributed by atoms with Gasteiger partial charge in [0.25, 0.3) is 0 Å². The summed E-state index contributed by atoms with van der Waals surface area (Å²) in [5, 5.41) is 1.31. The molecule has 0 amide bonds. The molecule has 2 aromatic rings. The number of aryl methyl sites for hydroxylation is 3. The molecule has 0 radical (unpaired) electrons. The van der Waals surface area contributed by atoms with E-state index in [4.69, 9.17) is 4.98 Å². The van der Waals surface area contributed by atoms with Gasteiger partial charge in [0.2, 0.25) is 0 Å². The quantitative estimate of drug-likeness (QED) is 0.529. The van der Waals surface area contributed by atoms with Gasteiger partial charge in [-0.05, 0) is 43.9 Å². The van der Waals surface area contributed by atoms with E-state index in [9.17, 15) is 0 Å². The third-order valence-electron chi connectivity index (χ3n) is 4.95. The second-order valence-electron chi connectivity index (χ2n) is 6.70. The first-order chi connectivity index (χ1) is 10.6. The highest BCUT2D eigenvalue weighted by Gasteiger charge is 2.10. The molecule has 0 aliphatic heterocycles. The second-order valence-corrected chi connectivity index (χ2v) is 6.70. The topological polar surface area (TPSA) is 17.8 Å². The fourth-order valence-corrected chi connectivity index (χ4v) is 3.25. The molecule has 122 valence electrons. The maximum absolute atomic E-state index is 4.92. The second kappa shape index (κ2) is 8.36. The summed E-state index contributed by atoms with van der Waals surface area (Å²) in [6, 6.07) is 2.19. The standard InChI is InChI=1S/C20H32N2/c1-5-6-7-8-9-10-11-12-13-19-17(3)16(2)18-14-15-22(4)20(18)21-19/h14-15H,5-13H2,1-4H3. The zero-order valence-corrected chi connectivity index (χ0v) is 14.9. The van der Waals surface area contributed by atoms with Crippen molar-refractivity contribution in [3.8, 4) is 0 Å². The van der Waals surface area contributed by atoms with Crippen LogP contribution in [0.3, 0.4) is 0 Å². The van der Waals surface area contributed by atoms with Gasteiger partial charge in [0.15, 0.2) is 0 Å². The molecule has 2 heteroatoms. The zero-order chi connectivity index (χ0) is 15.9. The molecule has 0 bridgehead atoms. The number of rotatable bonds is 9. The number of hydrogen-bond donors (Lipinski definition) is 0. The molecule has 2 heterocycles. The van der Waals surface area contributed by atoms with E-state index in [1.54, 1.807) is 0 Å². The molecule has 0 fully saturated rings. The van der Waals surface area contributed by atoms with E-state index in [1.165, 1.54) is 73.6 Å². The molecule has 2 aromatic heterocycles. The lowest BCUT2D eigenvalue weighted by atomic mass is 10.0. The summed E-state index contributed by atoms with van der Waals surface area (Å²) < 4.78 is 2.14. The van der Waals surface area contributed by atoms with Crippen molar-refractivity contribution in [3.63, 3.8) is 0 Å². The van der Waals surface area contributed by atoms with Gasteiger partial charge in [-0.15, -0.1) is 0 Å². The SMILES string of the molecule is CCCCCCCCCCc1nc2c(ccn2C)c(C)c1C. The van der Waals surface area contributed by atoms with Crippen LogP contribution < -0.4 is 0 Å². The average molecular weight is 300 g/mol. The van der Waals surface area contributed by atoms with Crippen LogP contribution in [0.5, 0.6) is 0 Å². The summed E-state index contributed by atoms with van der Waals surface area (Å²) in [6.45, 7) is 6.74. The van der Waals surface area contributed by atoms with Crippen molar-refractivity contribution >= 4 is 11.0 Å². The molecule has 0 N–H and O–H groups in total. The molecule has 0 aliphatic carbocycles. The first-order valence-corrected chi connectivity index (χ1v) is 9.06.